The Balaban J connectivity index is 1.57. The van der Waals surface area contributed by atoms with E-state index in [2.05, 4.69) is 16.7 Å². The van der Waals surface area contributed by atoms with Gasteiger partial charge >= 0.3 is 12.1 Å². The summed E-state index contributed by atoms with van der Waals surface area (Å²) in [4.78, 5) is 29.4. The molecule has 0 spiro atoms. The van der Waals surface area contributed by atoms with Gasteiger partial charge in [0, 0.05) is 11.1 Å². The smallest absolute Gasteiger partial charge is 0.416 e. The molecule has 0 aliphatic heterocycles. The van der Waals surface area contributed by atoms with Crippen molar-refractivity contribution in [2.45, 2.75) is 19.2 Å². The number of aromatic carboxylic acids is 1. The first-order valence-corrected chi connectivity index (χ1v) is 13.6. The van der Waals surface area contributed by atoms with Crippen LogP contribution in [0.5, 0.6) is 11.5 Å². The lowest BCUT2D eigenvalue weighted by Gasteiger charge is -2.16. The summed E-state index contributed by atoms with van der Waals surface area (Å²) in [6.07, 6.45) is -1.18. The van der Waals surface area contributed by atoms with Crippen molar-refractivity contribution < 1.29 is 32.5 Å². The van der Waals surface area contributed by atoms with Crippen LogP contribution in [0.25, 0.3) is 22.3 Å². The van der Waals surface area contributed by atoms with E-state index in [1.54, 1.807) is 54.6 Å². The largest absolute Gasteiger partial charge is 0.493 e. The number of alkyl halides is 3. The van der Waals surface area contributed by atoms with Crippen LogP contribution in [0.3, 0.4) is 0 Å². The Morgan fingerprint density at radius 3 is 2.56 bits per heavy atom. The molecule has 0 bridgehead atoms. The van der Waals surface area contributed by atoms with E-state index in [1.165, 1.54) is 37.6 Å². The summed E-state index contributed by atoms with van der Waals surface area (Å²) in [6, 6.07) is 20.8. The maximum absolute atomic E-state index is 13.6. The molecule has 0 atom stereocenters. The molecule has 4 aromatic carbocycles. The van der Waals surface area contributed by atoms with Gasteiger partial charge in [-0.05, 0) is 66.1 Å². The molecule has 1 heterocycles. The Labute approximate surface area is 255 Å². The molecule has 5 aromatic rings. The third kappa shape index (κ3) is 6.77. The molecule has 8 nitrogen and oxygen atoms in total. The first-order chi connectivity index (χ1) is 21.6. The number of carboxylic acid groups (broad SMARTS) is 1. The number of carboxylic acids is 1. The summed E-state index contributed by atoms with van der Waals surface area (Å²) in [5.74, 6) is -0.373. The number of hydrogen-bond donors (Lipinski definition) is 1. The number of carbonyl (C=O) groups is 1. The quantitative estimate of drug-likeness (QED) is 0.135. The van der Waals surface area contributed by atoms with Crippen molar-refractivity contribution in [3.8, 4) is 22.9 Å². The average molecular weight is 614 g/mol. The number of methoxy groups -OCH3 is 1. The Morgan fingerprint density at radius 2 is 1.82 bits per heavy atom. The average Bonchev–Trinajstić information content (AvgIpc) is 3.03. The molecule has 11 heteroatoms. The standard InChI is InChI=1S/C34H26F3N3O5/c1-3-8-23-16-22(17-29(44-2)30(23)45-20-21-9-6-11-25(15-21)33(42)43)19-38-40-31(24-10-7-12-26(18-24)34(35,36)37)39-28-14-5-4-13-27(28)32(40)41/h3-7,9-19H,1,8,20H2,2H3,(H,42,43). The van der Waals surface area contributed by atoms with Gasteiger partial charge < -0.3 is 14.6 Å². The number of halogens is 3. The summed E-state index contributed by atoms with van der Waals surface area (Å²) >= 11 is 0. The molecule has 1 N–H and O–H groups in total. The number of nitrogens with zero attached hydrogens (tertiary/aromatic N) is 3. The summed E-state index contributed by atoms with van der Waals surface area (Å²) in [6.45, 7) is 3.87. The van der Waals surface area contributed by atoms with Crippen molar-refractivity contribution in [2.24, 2.45) is 5.10 Å². The van der Waals surface area contributed by atoms with Gasteiger partial charge in [0.1, 0.15) is 6.61 Å². The number of para-hydroxylation sites is 1. The van der Waals surface area contributed by atoms with E-state index < -0.39 is 23.3 Å². The first-order valence-electron chi connectivity index (χ1n) is 13.6. The molecular formula is C34H26F3N3O5. The highest BCUT2D eigenvalue weighted by Crippen LogP contribution is 2.35. The fraction of sp³-hybridized carbons (Fsp3) is 0.118. The highest BCUT2D eigenvalue weighted by molar-refractivity contribution is 5.87. The Hall–Kier alpha value is -5.71. The highest BCUT2D eigenvalue weighted by Gasteiger charge is 2.31. The SMILES string of the molecule is C=CCc1cc(C=Nn2c(-c3cccc(C(F)(F)F)c3)nc3ccccc3c2=O)cc(OC)c1OCc1cccc(C(=O)O)c1. The van der Waals surface area contributed by atoms with E-state index in [0.717, 1.165) is 16.8 Å². The van der Waals surface area contributed by atoms with Crippen LogP contribution in [0.2, 0.25) is 0 Å². The molecule has 0 radical (unpaired) electrons. The van der Waals surface area contributed by atoms with Crippen LogP contribution in [-0.2, 0) is 19.2 Å². The topological polar surface area (TPSA) is 103 Å². The normalized spacial score (nSPS) is 11.6. The third-order valence-electron chi connectivity index (χ3n) is 6.82. The zero-order chi connectivity index (χ0) is 32.1. The fourth-order valence-electron chi connectivity index (χ4n) is 4.71. The van der Waals surface area contributed by atoms with Gasteiger partial charge in [0.15, 0.2) is 17.3 Å². The number of allylic oxidation sites excluding steroid dienone is 1. The molecule has 0 aliphatic carbocycles. The Bertz CT molecular complexity index is 2000. The minimum Gasteiger partial charge on any atom is -0.493 e. The predicted molar refractivity (Wildman–Crippen MR) is 164 cm³/mol. The molecule has 45 heavy (non-hydrogen) atoms. The van der Waals surface area contributed by atoms with Gasteiger partial charge in [-0.1, -0.05) is 42.5 Å². The molecule has 1 aromatic heterocycles. The van der Waals surface area contributed by atoms with Crippen LogP contribution in [-0.4, -0.2) is 34.1 Å². The molecular weight excluding hydrogens is 587 g/mol. The summed E-state index contributed by atoms with van der Waals surface area (Å²) in [5.41, 5.74) is 0.854. The second-order valence-electron chi connectivity index (χ2n) is 9.89. The van der Waals surface area contributed by atoms with Crippen LogP contribution >= 0.6 is 0 Å². The monoisotopic (exact) mass is 613 g/mol. The second-order valence-corrected chi connectivity index (χ2v) is 9.89. The summed E-state index contributed by atoms with van der Waals surface area (Å²) in [7, 11) is 1.45. The van der Waals surface area contributed by atoms with Crippen LogP contribution < -0.4 is 15.0 Å². The van der Waals surface area contributed by atoms with Gasteiger partial charge in [-0.3, -0.25) is 4.79 Å². The van der Waals surface area contributed by atoms with Gasteiger partial charge in [0.05, 0.1) is 35.4 Å². The molecule has 0 fully saturated rings. The lowest BCUT2D eigenvalue weighted by Crippen LogP contribution is -2.20. The van der Waals surface area contributed by atoms with Gasteiger partial charge in [-0.2, -0.15) is 22.9 Å². The molecule has 0 aliphatic rings. The van der Waals surface area contributed by atoms with Gasteiger partial charge in [0.2, 0.25) is 0 Å². The minimum atomic E-state index is -4.60. The van der Waals surface area contributed by atoms with E-state index in [9.17, 15) is 27.9 Å². The lowest BCUT2D eigenvalue weighted by molar-refractivity contribution is -0.137. The van der Waals surface area contributed by atoms with Crippen molar-refractivity contribution in [2.75, 3.05) is 7.11 Å². The number of ether oxygens (including phenoxy) is 2. The fourth-order valence-corrected chi connectivity index (χ4v) is 4.71. The van der Waals surface area contributed by atoms with Crippen molar-refractivity contribution >= 4 is 23.1 Å². The molecule has 0 unspecified atom stereocenters. The van der Waals surface area contributed by atoms with Crippen LogP contribution in [0.1, 0.15) is 32.6 Å². The van der Waals surface area contributed by atoms with E-state index in [0.29, 0.717) is 40.1 Å². The van der Waals surface area contributed by atoms with Gasteiger partial charge in [-0.15, -0.1) is 6.58 Å². The van der Waals surface area contributed by atoms with Crippen LogP contribution in [0, 0.1) is 0 Å². The maximum atomic E-state index is 13.6. The third-order valence-corrected chi connectivity index (χ3v) is 6.82. The van der Waals surface area contributed by atoms with E-state index >= 15 is 0 Å². The van der Waals surface area contributed by atoms with E-state index in [1.807, 2.05) is 0 Å². The van der Waals surface area contributed by atoms with E-state index in [4.69, 9.17) is 9.47 Å². The molecule has 0 amide bonds. The van der Waals surface area contributed by atoms with Crippen molar-refractivity contribution in [3.05, 3.63) is 136 Å². The molecule has 5 rings (SSSR count). The molecule has 0 saturated carbocycles. The van der Waals surface area contributed by atoms with Gasteiger partial charge in [0.25, 0.3) is 5.56 Å². The second kappa shape index (κ2) is 12.9. The zero-order valence-electron chi connectivity index (χ0n) is 23.9. The highest BCUT2D eigenvalue weighted by atomic mass is 19.4. The molecule has 228 valence electrons. The van der Waals surface area contributed by atoms with Crippen LogP contribution in [0.15, 0.2) is 107 Å². The number of fused-ring (bicyclic) bond motifs is 1. The predicted octanol–water partition coefficient (Wildman–Crippen LogP) is 6.98. The minimum absolute atomic E-state index is 0.0606. The van der Waals surface area contributed by atoms with Gasteiger partial charge in [-0.25, -0.2) is 9.78 Å². The summed E-state index contributed by atoms with van der Waals surface area (Å²) < 4.78 is 53.2. The lowest BCUT2D eigenvalue weighted by atomic mass is 10.1. The summed E-state index contributed by atoms with van der Waals surface area (Å²) in [5, 5.41) is 13.9. The number of aromatic nitrogens is 2. The number of benzene rings is 4. The molecule has 0 saturated heterocycles. The number of hydrogen-bond acceptors (Lipinski definition) is 6. The van der Waals surface area contributed by atoms with Crippen molar-refractivity contribution in [3.63, 3.8) is 0 Å². The zero-order valence-corrected chi connectivity index (χ0v) is 23.9. The van der Waals surface area contributed by atoms with Crippen molar-refractivity contribution in [1.82, 2.24) is 9.66 Å². The number of rotatable bonds is 10. The Kier molecular flexibility index (Phi) is 8.80. The van der Waals surface area contributed by atoms with E-state index in [-0.39, 0.29) is 28.9 Å². The van der Waals surface area contributed by atoms with Crippen molar-refractivity contribution in [1.29, 1.82) is 0 Å². The first kappa shape index (κ1) is 30.7. The maximum Gasteiger partial charge on any atom is 0.416 e. The van der Waals surface area contributed by atoms with Crippen LogP contribution in [0.4, 0.5) is 13.2 Å². The Morgan fingerprint density at radius 1 is 1.04 bits per heavy atom.